The third-order valence-electron chi connectivity index (χ3n) is 2.85. The number of aliphatic imine (C=N–C) groups is 1. The second kappa shape index (κ2) is 4.58. The van der Waals surface area contributed by atoms with E-state index in [1.807, 2.05) is 11.7 Å². The van der Waals surface area contributed by atoms with Crippen LogP contribution in [0.15, 0.2) is 11.2 Å². The molecule has 2 rings (SSSR count). The molecule has 3 nitrogen and oxygen atoms in total. The maximum Gasteiger partial charge on any atom is 0.0268 e. The standard InChI is InChI=1S/C11H16N3.Ir/c1-11(2)6-4-7-12-10(11)9-5-8-13-14(9)3;/h8H,4,6-7H2,1-3H3;/q-1;. The van der Waals surface area contributed by atoms with Crippen LogP contribution in [0.2, 0.25) is 0 Å². The molecule has 0 aromatic carbocycles. The molecule has 1 aromatic rings. The Labute approximate surface area is 104 Å². The zero-order valence-corrected chi connectivity index (χ0v) is 11.8. The summed E-state index contributed by atoms with van der Waals surface area (Å²) in [4.78, 5) is 4.61. The summed E-state index contributed by atoms with van der Waals surface area (Å²) < 4.78 is 1.85. The zero-order chi connectivity index (χ0) is 10.2. The molecular formula is C11H16IrN3-. The van der Waals surface area contributed by atoms with Gasteiger partial charge in [0.2, 0.25) is 0 Å². The van der Waals surface area contributed by atoms with E-state index in [-0.39, 0.29) is 25.5 Å². The van der Waals surface area contributed by atoms with Gasteiger partial charge in [-0.1, -0.05) is 37.1 Å². The van der Waals surface area contributed by atoms with E-state index in [9.17, 15) is 0 Å². The molecule has 2 heterocycles. The van der Waals surface area contributed by atoms with Gasteiger partial charge in [0.1, 0.15) is 0 Å². The average molecular weight is 382 g/mol. The molecule has 4 heteroatoms. The number of aromatic nitrogens is 2. The van der Waals surface area contributed by atoms with Crippen LogP contribution in [0.1, 0.15) is 32.4 Å². The van der Waals surface area contributed by atoms with E-state index < -0.39 is 0 Å². The van der Waals surface area contributed by atoms with Crippen LogP contribution < -0.4 is 0 Å². The Morgan fingerprint density at radius 1 is 1.47 bits per heavy atom. The topological polar surface area (TPSA) is 30.2 Å². The van der Waals surface area contributed by atoms with Gasteiger partial charge < -0.3 is 9.67 Å². The quantitative estimate of drug-likeness (QED) is 0.682. The molecule has 0 aliphatic carbocycles. The molecule has 0 bridgehead atoms. The zero-order valence-electron chi connectivity index (χ0n) is 9.37. The Kier molecular flexibility index (Phi) is 3.85. The maximum absolute atomic E-state index is 4.61. The number of rotatable bonds is 1. The van der Waals surface area contributed by atoms with Crippen LogP contribution in [0, 0.1) is 11.5 Å². The molecule has 0 spiro atoms. The predicted molar refractivity (Wildman–Crippen MR) is 56.5 cm³/mol. The van der Waals surface area contributed by atoms with E-state index >= 15 is 0 Å². The normalized spacial score (nSPS) is 19.3. The first-order valence-corrected chi connectivity index (χ1v) is 5.06. The molecule has 0 unspecified atom stereocenters. The van der Waals surface area contributed by atoms with Gasteiger partial charge in [0.25, 0.3) is 0 Å². The Morgan fingerprint density at radius 3 is 2.73 bits per heavy atom. The molecular weight excluding hydrogens is 366 g/mol. The van der Waals surface area contributed by atoms with Crippen LogP contribution in [0.3, 0.4) is 0 Å². The number of hydrogen-bond acceptors (Lipinski definition) is 2. The summed E-state index contributed by atoms with van der Waals surface area (Å²) in [6.07, 6.45) is 4.10. The average Bonchev–Trinajstić information content (AvgIpc) is 2.51. The third kappa shape index (κ3) is 2.37. The van der Waals surface area contributed by atoms with E-state index in [2.05, 4.69) is 30.0 Å². The molecule has 85 valence electrons. The van der Waals surface area contributed by atoms with Crippen LogP contribution in [-0.2, 0) is 27.2 Å². The summed E-state index contributed by atoms with van der Waals surface area (Å²) in [5, 5.41) is 4.14. The second-order valence-electron chi connectivity index (χ2n) is 4.48. The van der Waals surface area contributed by atoms with Gasteiger partial charge >= 0.3 is 0 Å². The monoisotopic (exact) mass is 383 g/mol. The fourth-order valence-corrected chi connectivity index (χ4v) is 1.99. The van der Waals surface area contributed by atoms with Crippen molar-refractivity contribution < 1.29 is 20.1 Å². The fraction of sp³-hybridized carbons (Fsp3) is 0.636. The third-order valence-corrected chi connectivity index (χ3v) is 2.85. The smallest absolute Gasteiger partial charge is 0.0268 e. The van der Waals surface area contributed by atoms with E-state index in [1.165, 1.54) is 12.8 Å². The fourth-order valence-electron chi connectivity index (χ4n) is 1.99. The van der Waals surface area contributed by atoms with Crippen molar-refractivity contribution in [1.29, 1.82) is 0 Å². The van der Waals surface area contributed by atoms with E-state index in [0.717, 1.165) is 18.0 Å². The van der Waals surface area contributed by atoms with Crippen molar-refractivity contribution in [1.82, 2.24) is 9.78 Å². The minimum absolute atomic E-state index is 0. The second-order valence-corrected chi connectivity index (χ2v) is 4.48. The van der Waals surface area contributed by atoms with Crippen molar-refractivity contribution in [3.05, 3.63) is 18.0 Å². The Balaban J connectivity index is 0.00000112. The van der Waals surface area contributed by atoms with Crippen LogP contribution in [0.5, 0.6) is 0 Å². The molecule has 1 aliphatic rings. The van der Waals surface area contributed by atoms with Gasteiger partial charge in [0.15, 0.2) is 0 Å². The van der Waals surface area contributed by atoms with Gasteiger partial charge in [0, 0.05) is 33.7 Å². The molecule has 0 atom stereocenters. The Hall–Kier alpha value is -0.471. The van der Waals surface area contributed by atoms with E-state index in [4.69, 9.17) is 0 Å². The van der Waals surface area contributed by atoms with E-state index in [1.54, 1.807) is 6.20 Å². The number of aryl methyl sites for hydroxylation is 1. The number of nitrogens with zero attached hydrogens (tertiary/aromatic N) is 3. The summed E-state index contributed by atoms with van der Waals surface area (Å²) in [6, 6.07) is 3.15. The van der Waals surface area contributed by atoms with Gasteiger partial charge in [-0.15, -0.1) is 0 Å². The summed E-state index contributed by atoms with van der Waals surface area (Å²) in [7, 11) is 1.94. The summed E-state index contributed by atoms with van der Waals surface area (Å²) in [5.41, 5.74) is 2.36. The van der Waals surface area contributed by atoms with Gasteiger partial charge in [-0.25, -0.2) is 11.2 Å². The Bertz CT molecular complexity index is 366. The molecule has 0 amide bonds. The first-order valence-electron chi connectivity index (χ1n) is 5.06. The van der Waals surface area contributed by atoms with Gasteiger partial charge in [-0.2, -0.15) is 0 Å². The molecule has 1 radical (unpaired) electrons. The van der Waals surface area contributed by atoms with Crippen molar-refractivity contribution in [2.45, 2.75) is 26.7 Å². The summed E-state index contributed by atoms with van der Waals surface area (Å²) >= 11 is 0. The minimum Gasteiger partial charge on any atom is -0.381 e. The maximum atomic E-state index is 4.61. The first-order chi connectivity index (χ1) is 6.61. The molecule has 1 aliphatic heterocycles. The van der Waals surface area contributed by atoms with Crippen molar-refractivity contribution in [3.8, 4) is 0 Å². The Morgan fingerprint density at radius 2 is 2.20 bits per heavy atom. The molecule has 0 fully saturated rings. The predicted octanol–water partition coefficient (Wildman–Crippen LogP) is 1.83. The molecule has 1 aromatic heterocycles. The van der Waals surface area contributed by atoms with Gasteiger partial charge in [0.05, 0.1) is 0 Å². The van der Waals surface area contributed by atoms with Crippen LogP contribution in [0.4, 0.5) is 0 Å². The molecule has 0 saturated heterocycles. The van der Waals surface area contributed by atoms with Crippen LogP contribution >= 0.6 is 0 Å². The SMILES string of the molecule is Cn1nc[c-]c1C1=NCCCC1(C)C.[Ir]. The van der Waals surface area contributed by atoms with E-state index in [0.29, 0.717) is 0 Å². The summed E-state index contributed by atoms with van der Waals surface area (Å²) in [6.45, 7) is 5.43. The first kappa shape index (κ1) is 12.6. The van der Waals surface area contributed by atoms with Crippen LogP contribution in [-0.4, -0.2) is 22.0 Å². The van der Waals surface area contributed by atoms with Gasteiger partial charge in [-0.05, 0) is 12.6 Å². The van der Waals surface area contributed by atoms with Crippen molar-refractivity contribution >= 4 is 5.71 Å². The van der Waals surface area contributed by atoms with Crippen molar-refractivity contribution in [2.75, 3.05) is 6.54 Å². The number of hydrogen-bond donors (Lipinski definition) is 0. The molecule has 0 saturated carbocycles. The largest absolute Gasteiger partial charge is 0.381 e. The van der Waals surface area contributed by atoms with Crippen molar-refractivity contribution in [2.24, 2.45) is 17.5 Å². The van der Waals surface area contributed by atoms with Crippen LogP contribution in [0.25, 0.3) is 0 Å². The van der Waals surface area contributed by atoms with Crippen molar-refractivity contribution in [3.63, 3.8) is 0 Å². The molecule has 0 N–H and O–H groups in total. The van der Waals surface area contributed by atoms with Gasteiger partial charge in [-0.3, -0.25) is 0 Å². The minimum atomic E-state index is 0. The molecule has 15 heavy (non-hydrogen) atoms. The summed E-state index contributed by atoms with van der Waals surface area (Å²) in [5.74, 6) is 0.